The molecule has 1 aromatic carbocycles. The lowest BCUT2D eigenvalue weighted by Crippen LogP contribution is -2.15. The molecular weight excluding hydrogens is 202 g/mol. The Morgan fingerprint density at radius 2 is 2.06 bits per heavy atom. The van der Waals surface area contributed by atoms with E-state index in [0.29, 0.717) is 0 Å². The topological polar surface area (TPSA) is 38.3 Å². The quantitative estimate of drug-likeness (QED) is 0.848. The van der Waals surface area contributed by atoms with E-state index in [2.05, 4.69) is 5.32 Å². The minimum absolute atomic E-state index is 0.118. The van der Waals surface area contributed by atoms with E-state index in [1.54, 1.807) is 7.11 Å². The maximum Gasteiger partial charge on any atom is 0.227 e. The highest BCUT2D eigenvalue weighted by molar-refractivity contribution is 5.96. The van der Waals surface area contributed by atoms with Crippen LogP contribution >= 0.6 is 0 Å². The van der Waals surface area contributed by atoms with Crippen LogP contribution in [-0.2, 0) is 4.79 Å². The summed E-state index contributed by atoms with van der Waals surface area (Å²) in [5, 5.41) is 2.97. The number of hydrogen-bond acceptors (Lipinski definition) is 2. The van der Waals surface area contributed by atoms with E-state index < -0.39 is 0 Å². The van der Waals surface area contributed by atoms with Gasteiger partial charge in [0.2, 0.25) is 5.91 Å². The molecule has 0 radical (unpaired) electrons. The molecule has 1 aliphatic carbocycles. The Bertz CT molecular complexity index is 422. The van der Waals surface area contributed by atoms with E-state index in [1.165, 1.54) is 0 Å². The van der Waals surface area contributed by atoms with Crippen LogP contribution in [-0.4, -0.2) is 13.0 Å². The van der Waals surface area contributed by atoms with Crippen molar-refractivity contribution in [3.8, 4) is 5.75 Å². The van der Waals surface area contributed by atoms with Gasteiger partial charge in [0.05, 0.1) is 12.8 Å². The number of carbonyl (C=O) groups is 1. The molecule has 0 aromatic heterocycles. The molecule has 3 heteroatoms. The molecule has 0 bridgehead atoms. The molecule has 1 saturated carbocycles. The van der Waals surface area contributed by atoms with Gasteiger partial charge in [0, 0.05) is 5.92 Å². The standard InChI is InChI=1S/C13H17NO2/c1-8-4-7-11(16-3)12(9(8)2)14-13(15)10-5-6-10/h4,7,10H,5-6H2,1-3H3,(H,14,15). The van der Waals surface area contributed by atoms with E-state index in [4.69, 9.17) is 4.74 Å². The summed E-state index contributed by atoms with van der Waals surface area (Å²) in [5.74, 6) is 1.06. The number of carbonyl (C=O) groups excluding carboxylic acids is 1. The molecule has 0 saturated heterocycles. The second-order valence-electron chi connectivity index (χ2n) is 4.35. The van der Waals surface area contributed by atoms with Gasteiger partial charge in [-0.15, -0.1) is 0 Å². The molecule has 0 atom stereocenters. The van der Waals surface area contributed by atoms with Crippen LogP contribution in [0, 0.1) is 19.8 Å². The molecule has 0 aliphatic heterocycles. The number of aryl methyl sites for hydroxylation is 1. The Balaban J connectivity index is 2.29. The van der Waals surface area contributed by atoms with Crippen LogP contribution in [0.3, 0.4) is 0 Å². The predicted octanol–water partition coefficient (Wildman–Crippen LogP) is 2.66. The summed E-state index contributed by atoms with van der Waals surface area (Å²) in [6, 6.07) is 3.89. The van der Waals surface area contributed by atoms with Gasteiger partial charge >= 0.3 is 0 Å². The molecule has 1 fully saturated rings. The Hall–Kier alpha value is -1.51. The maximum absolute atomic E-state index is 11.7. The number of ether oxygens (including phenoxy) is 1. The lowest BCUT2D eigenvalue weighted by molar-refractivity contribution is -0.117. The van der Waals surface area contributed by atoms with Crippen molar-refractivity contribution in [1.29, 1.82) is 0 Å². The van der Waals surface area contributed by atoms with Gasteiger partial charge in [-0.2, -0.15) is 0 Å². The number of benzene rings is 1. The maximum atomic E-state index is 11.7. The van der Waals surface area contributed by atoms with Crippen molar-refractivity contribution in [3.05, 3.63) is 23.3 Å². The predicted molar refractivity (Wildman–Crippen MR) is 63.8 cm³/mol. The van der Waals surface area contributed by atoms with Gasteiger partial charge in [-0.05, 0) is 43.9 Å². The van der Waals surface area contributed by atoms with Crippen LogP contribution in [0.2, 0.25) is 0 Å². The number of rotatable bonds is 3. The van der Waals surface area contributed by atoms with Crippen LogP contribution in [0.1, 0.15) is 24.0 Å². The van der Waals surface area contributed by atoms with Gasteiger partial charge in [0.25, 0.3) is 0 Å². The zero-order valence-corrected chi connectivity index (χ0v) is 9.96. The van der Waals surface area contributed by atoms with Crippen LogP contribution < -0.4 is 10.1 Å². The Morgan fingerprint density at radius 3 is 2.62 bits per heavy atom. The van der Waals surface area contributed by atoms with Crippen molar-refractivity contribution in [2.24, 2.45) is 5.92 Å². The van der Waals surface area contributed by atoms with Crippen molar-refractivity contribution < 1.29 is 9.53 Å². The summed E-state index contributed by atoms with van der Waals surface area (Å²) >= 11 is 0. The van der Waals surface area contributed by atoms with Crippen molar-refractivity contribution >= 4 is 11.6 Å². The number of nitrogens with one attached hydrogen (secondary N) is 1. The van der Waals surface area contributed by atoms with E-state index in [1.807, 2.05) is 26.0 Å². The molecule has 0 heterocycles. The first-order chi connectivity index (χ1) is 7.63. The molecule has 0 spiro atoms. The van der Waals surface area contributed by atoms with Gasteiger partial charge in [0.15, 0.2) is 0 Å². The molecule has 0 unspecified atom stereocenters. The van der Waals surface area contributed by atoms with Gasteiger partial charge in [-0.3, -0.25) is 4.79 Å². The first kappa shape index (κ1) is 11.0. The SMILES string of the molecule is COc1ccc(C)c(C)c1NC(=O)C1CC1. The summed E-state index contributed by atoms with van der Waals surface area (Å²) in [4.78, 5) is 11.7. The monoisotopic (exact) mass is 219 g/mol. The zero-order chi connectivity index (χ0) is 11.7. The molecule has 1 aromatic rings. The minimum atomic E-state index is 0.118. The first-order valence-electron chi connectivity index (χ1n) is 5.58. The number of methoxy groups -OCH3 is 1. The zero-order valence-electron chi connectivity index (χ0n) is 9.96. The summed E-state index contributed by atoms with van der Waals surface area (Å²) < 4.78 is 5.27. The Labute approximate surface area is 95.8 Å². The highest BCUT2D eigenvalue weighted by atomic mass is 16.5. The number of anilines is 1. The van der Waals surface area contributed by atoms with Crippen molar-refractivity contribution in [2.75, 3.05) is 12.4 Å². The van der Waals surface area contributed by atoms with Crippen LogP contribution in [0.5, 0.6) is 5.75 Å². The number of hydrogen-bond donors (Lipinski definition) is 1. The molecule has 2 rings (SSSR count). The Morgan fingerprint density at radius 1 is 1.38 bits per heavy atom. The van der Waals surface area contributed by atoms with Crippen molar-refractivity contribution in [2.45, 2.75) is 26.7 Å². The molecule has 1 amide bonds. The highest BCUT2D eigenvalue weighted by Gasteiger charge is 2.30. The molecule has 1 aliphatic rings. The van der Waals surface area contributed by atoms with E-state index in [9.17, 15) is 4.79 Å². The summed E-state index contributed by atoms with van der Waals surface area (Å²) in [6.45, 7) is 4.03. The third-order valence-electron chi connectivity index (χ3n) is 3.11. The Kier molecular flexibility index (Phi) is 2.86. The van der Waals surface area contributed by atoms with E-state index >= 15 is 0 Å². The molecule has 1 N–H and O–H groups in total. The van der Waals surface area contributed by atoms with Gasteiger partial charge in [-0.1, -0.05) is 6.07 Å². The van der Waals surface area contributed by atoms with Gasteiger partial charge in [0.1, 0.15) is 5.75 Å². The average molecular weight is 219 g/mol. The van der Waals surface area contributed by atoms with Crippen LogP contribution in [0.4, 0.5) is 5.69 Å². The smallest absolute Gasteiger partial charge is 0.227 e. The second-order valence-corrected chi connectivity index (χ2v) is 4.35. The van der Waals surface area contributed by atoms with Crippen LogP contribution in [0.25, 0.3) is 0 Å². The minimum Gasteiger partial charge on any atom is -0.495 e. The van der Waals surface area contributed by atoms with Crippen molar-refractivity contribution in [3.63, 3.8) is 0 Å². The average Bonchev–Trinajstić information content (AvgIpc) is 3.08. The lowest BCUT2D eigenvalue weighted by Gasteiger charge is -2.14. The molecule has 3 nitrogen and oxygen atoms in total. The van der Waals surface area contributed by atoms with E-state index in [0.717, 1.165) is 35.4 Å². The van der Waals surface area contributed by atoms with Crippen molar-refractivity contribution in [1.82, 2.24) is 0 Å². The summed E-state index contributed by atoms with van der Waals surface area (Å²) in [6.07, 6.45) is 2.03. The summed E-state index contributed by atoms with van der Waals surface area (Å²) in [7, 11) is 1.62. The largest absolute Gasteiger partial charge is 0.495 e. The number of amides is 1. The lowest BCUT2D eigenvalue weighted by atomic mass is 10.1. The van der Waals surface area contributed by atoms with Gasteiger partial charge in [-0.25, -0.2) is 0 Å². The second kappa shape index (κ2) is 4.16. The molecule has 16 heavy (non-hydrogen) atoms. The highest BCUT2D eigenvalue weighted by Crippen LogP contribution is 2.34. The fourth-order valence-corrected chi connectivity index (χ4v) is 1.69. The third kappa shape index (κ3) is 2.03. The van der Waals surface area contributed by atoms with Crippen LogP contribution in [0.15, 0.2) is 12.1 Å². The van der Waals surface area contributed by atoms with E-state index in [-0.39, 0.29) is 11.8 Å². The third-order valence-corrected chi connectivity index (χ3v) is 3.11. The normalized spacial score (nSPS) is 14.7. The first-order valence-corrected chi connectivity index (χ1v) is 5.58. The summed E-state index contributed by atoms with van der Waals surface area (Å²) in [5.41, 5.74) is 3.06. The fraction of sp³-hybridized carbons (Fsp3) is 0.462. The molecule has 86 valence electrons. The van der Waals surface area contributed by atoms with Gasteiger partial charge < -0.3 is 10.1 Å². The molecular formula is C13H17NO2. The fourth-order valence-electron chi connectivity index (χ4n) is 1.69.